The molecule has 4 aliphatic carbocycles. The molecule has 0 aromatic heterocycles. The van der Waals surface area contributed by atoms with Crippen LogP contribution in [0, 0.1) is 52.3 Å². The Kier molecular flexibility index (Phi) is 6.81. The largest absolute Gasteiger partial charge is 0.379 e. The highest BCUT2D eigenvalue weighted by atomic mass is 16.7. The fraction of sp³-hybridized carbons (Fsp3) is 0.969. The summed E-state index contributed by atoms with van der Waals surface area (Å²) in [6.07, 6.45) is 12.9. The molecule has 0 aromatic rings. The number of amides is 2. The van der Waals surface area contributed by atoms with Crippen LogP contribution in [0.2, 0.25) is 0 Å². The summed E-state index contributed by atoms with van der Waals surface area (Å²) < 4.78 is 18.9. The van der Waals surface area contributed by atoms with Crippen LogP contribution in [0.4, 0.5) is 4.79 Å². The summed E-state index contributed by atoms with van der Waals surface area (Å²) in [5, 5.41) is 5.32. The van der Waals surface area contributed by atoms with Crippen molar-refractivity contribution in [2.45, 2.75) is 110 Å². The zero-order valence-corrected chi connectivity index (χ0v) is 24.9. The highest BCUT2D eigenvalue weighted by Crippen LogP contribution is 2.71. The van der Waals surface area contributed by atoms with Gasteiger partial charge in [0.1, 0.15) is 0 Å². The molecule has 7 heteroatoms. The minimum atomic E-state index is -0.310. The van der Waals surface area contributed by atoms with Crippen molar-refractivity contribution in [1.82, 2.24) is 15.8 Å². The second-order valence-electron chi connectivity index (χ2n) is 15.3. The van der Waals surface area contributed by atoms with Gasteiger partial charge < -0.3 is 19.5 Å². The van der Waals surface area contributed by atoms with Crippen molar-refractivity contribution in [3.05, 3.63) is 0 Å². The highest BCUT2D eigenvalue weighted by molar-refractivity contribution is 5.73. The van der Waals surface area contributed by atoms with Crippen LogP contribution in [0.25, 0.3) is 0 Å². The van der Waals surface area contributed by atoms with Gasteiger partial charge >= 0.3 is 6.03 Å². The van der Waals surface area contributed by atoms with Gasteiger partial charge in [-0.1, -0.05) is 27.7 Å². The Hall–Kier alpha value is -0.890. The lowest BCUT2D eigenvalue weighted by Crippen LogP contribution is -2.58. The number of hydrogen-bond acceptors (Lipinski definition) is 5. The van der Waals surface area contributed by atoms with E-state index in [0.29, 0.717) is 53.9 Å². The van der Waals surface area contributed by atoms with Crippen LogP contribution in [-0.2, 0) is 14.2 Å². The number of fused-ring (bicyclic) bond motifs is 7. The molecule has 7 fully saturated rings. The highest BCUT2D eigenvalue weighted by Gasteiger charge is 2.69. The van der Waals surface area contributed by atoms with Crippen molar-refractivity contribution >= 4 is 6.03 Å². The number of carbonyl (C=O) groups is 1. The third-order valence-electron chi connectivity index (χ3n) is 13.5. The van der Waals surface area contributed by atoms with E-state index in [0.717, 1.165) is 62.6 Å². The molecule has 0 radical (unpaired) electrons. The molecular weight excluding hydrogens is 490 g/mol. The van der Waals surface area contributed by atoms with Crippen LogP contribution in [-0.4, -0.2) is 61.9 Å². The lowest BCUT2D eigenvalue weighted by molar-refractivity contribution is -0.273. The molecule has 0 unspecified atom stereocenters. The van der Waals surface area contributed by atoms with E-state index >= 15 is 0 Å². The van der Waals surface area contributed by atoms with Crippen LogP contribution in [0.1, 0.15) is 91.9 Å². The average Bonchev–Trinajstić information content (AvgIpc) is 3.36. The Labute approximate surface area is 235 Å². The summed E-state index contributed by atoms with van der Waals surface area (Å²) in [6.45, 7) is 13.8. The van der Waals surface area contributed by atoms with E-state index in [1.807, 2.05) is 5.01 Å². The fourth-order valence-electron chi connectivity index (χ4n) is 11.4. The predicted molar refractivity (Wildman–Crippen MR) is 150 cm³/mol. The Morgan fingerprint density at radius 2 is 1.69 bits per heavy atom. The number of ether oxygens (including phenoxy) is 3. The molecule has 1 spiro atoms. The van der Waals surface area contributed by atoms with Gasteiger partial charge in [0.25, 0.3) is 0 Å². The van der Waals surface area contributed by atoms with Gasteiger partial charge in [-0.15, -0.1) is 0 Å². The van der Waals surface area contributed by atoms with E-state index in [-0.39, 0.29) is 11.8 Å². The lowest BCUT2D eigenvalue weighted by atomic mass is 9.44. The lowest BCUT2D eigenvalue weighted by Gasteiger charge is -2.61. The number of rotatable bonds is 2. The molecule has 0 bridgehead atoms. The molecule has 0 aromatic carbocycles. The molecule has 39 heavy (non-hydrogen) atoms. The first-order valence-corrected chi connectivity index (χ1v) is 16.4. The maximum Gasteiger partial charge on any atom is 0.329 e. The van der Waals surface area contributed by atoms with Crippen LogP contribution in [0.5, 0.6) is 0 Å². The predicted octanol–water partition coefficient (Wildman–Crippen LogP) is 5.35. The molecule has 3 heterocycles. The van der Waals surface area contributed by atoms with Crippen molar-refractivity contribution in [2.75, 3.05) is 32.9 Å². The van der Waals surface area contributed by atoms with E-state index in [1.165, 1.54) is 44.9 Å². The van der Waals surface area contributed by atoms with E-state index in [4.69, 9.17) is 14.2 Å². The molecule has 3 saturated heterocycles. The van der Waals surface area contributed by atoms with Gasteiger partial charge in [0.05, 0.1) is 25.9 Å². The van der Waals surface area contributed by atoms with Crippen molar-refractivity contribution < 1.29 is 19.0 Å². The fourth-order valence-corrected chi connectivity index (χ4v) is 11.4. The Bertz CT molecular complexity index is 932. The standard InChI is InChI=1S/C32H53N3O4/c1-20-7-12-32(38-19-20)21(2)28-27(39-32)18-26-24-6-5-22-17-23(33-29(36)34-35-13-15-37-16-14-35)8-10-30(22,3)25(24)9-11-31(26,28)4/h20-28H,5-19H2,1-4H3,(H2,33,34,36)/t20-,21-,22+,23+,24+,25-,26-,27-,28-,30-,31-,32+/m0/s1. The second kappa shape index (κ2) is 9.84. The van der Waals surface area contributed by atoms with Crippen LogP contribution < -0.4 is 10.7 Å². The third kappa shape index (κ3) is 4.30. The van der Waals surface area contributed by atoms with Gasteiger partial charge in [0, 0.05) is 31.5 Å². The topological polar surface area (TPSA) is 72.1 Å². The molecule has 4 saturated carbocycles. The molecular formula is C32H53N3O4. The second-order valence-corrected chi connectivity index (χ2v) is 15.3. The normalized spacial score (nSPS) is 53.4. The van der Waals surface area contributed by atoms with Crippen LogP contribution in [0.15, 0.2) is 0 Å². The van der Waals surface area contributed by atoms with Crippen molar-refractivity contribution in [1.29, 1.82) is 0 Å². The smallest absolute Gasteiger partial charge is 0.329 e. The Morgan fingerprint density at radius 1 is 0.897 bits per heavy atom. The van der Waals surface area contributed by atoms with Crippen molar-refractivity contribution in [3.63, 3.8) is 0 Å². The molecule has 7 aliphatic rings. The van der Waals surface area contributed by atoms with Crippen molar-refractivity contribution in [3.8, 4) is 0 Å². The number of urea groups is 1. The SMILES string of the molecule is C[C@H]1CC[C@@]2(OC1)O[C@H]1C[C@H]3[C@@H]4CC[C@@H]5C[C@H](NC(=O)NN6CCOCC6)CC[C@]5(C)[C@H]4CC[C@]3(C)[C@H]1[C@@H]2C. The van der Waals surface area contributed by atoms with E-state index in [9.17, 15) is 4.79 Å². The van der Waals surface area contributed by atoms with Crippen molar-refractivity contribution in [2.24, 2.45) is 52.3 Å². The summed E-state index contributed by atoms with van der Waals surface area (Å²) in [7, 11) is 0. The van der Waals surface area contributed by atoms with E-state index in [2.05, 4.69) is 38.4 Å². The van der Waals surface area contributed by atoms with Gasteiger partial charge in [0.2, 0.25) is 0 Å². The first-order chi connectivity index (χ1) is 18.7. The summed E-state index contributed by atoms with van der Waals surface area (Å²) in [5.74, 6) is 4.67. The number of carbonyl (C=O) groups excluding carboxylic acids is 1. The monoisotopic (exact) mass is 543 g/mol. The zero-order valence-electron chi connectivity index (χ0n) is 24.9. The van der Waals surface area contributed by atoms with Gasteiger partial charge in [-0.3, -0.25) is 5.43 Å². The quantitative estimate of drug-likeness (QED) is 0.491. The third-order valence-corrected chi connectivity index (χ3v) is 13.5. The summed E-state index contributed by atoms with van der Waals surface area (Å²) in [6, 6.07) is 0.262. The average molecular weight is 544 g/mol. The molecule has 7 rings (SSSR count). The van der Waals surface area contributed by atoms with Gasteiger partial charge in [-0.2, -0.15) is 0 Å². The number of nitrogens with one attached hydrogen (secondary N) is 2. The molecule has 220 valence electrons. The van der Waals surface area contributed by atoms with Gasteiger partial charge in [-0.05, 0) is 104 Å². The van der Waals surface area contributed by atoms with Crippen LogP contribution >= 0.6 is 0 Å². The van der Waals surface area contributed by atoms with E-state index < -0.39 is 0 Å². The number of nitrogens with zero attached hydrogens (tertiary/aromatic N) is 1. The van der Waals surface area contributed by atoms with E-state index in [1.54, 1.807) is 0 Å². The molecule has 7 nitrogen and oxygen atoms in total. The number of morpholine rings is 1. The van der Waals surface area contributed by atoms with Gasteiger partial charge in [-0.25, -0.2) is 9.80 Å². The summed E-state index contributed by atoms with van der Waals surface area (Å²) >= 11 is 0. The Morgan fingerprint density at radius 3 is 2.46 bits per heavy atom. The minimum absolute atomic E-state index is 0.0339. The maximum atomic E-state index is 12.7. The molecule has 12 atom stereocenters. The zero-order chi connectivity index (χ0) is 27.0. The summed E-state index contributed by atoms with van der Waals surface area (Å²) in [4.78, 5) is 12.7. The first kappa shape index (κ1) is 27.0. The van der Waals surface area contributed by atoms with Gasteiger partial charge in [0.15, 0.2) is 5.79 Å². The minimum Gasteiger partial charge on any atom is -0.379 e. The maximum absolute atomic E-state index is 12.7. The first-order valence-electron chi connectivity index (χ1n) is 16.4. The molecule has 2 N–H and O–H groups in total. The molecule has 3 aliphatic heterocycles. The number of hydrazine groups is 1. The summed E-state index contributed by atoms with van der Waals surface area (Å²) in [5.41, 5.74) is 3.85. The Balaban J connectivity index is 1.00. The molecule has 2 amide bonds. The number of hydrogen-bond donors (Lipinski definition) is 2. The van der Waals surface area contributed by atoms with Crippen LogP contribution in [0.3, 0.4) is 0 Å².